The molecule has 0 saturated carbocycles. The lowest BCUT2D eigenvalue weighted by atomic mass is 9.90. The molecule has 1 aromatic heterocycles. The van der Waals surface area contributed by atoms with E-state index >= 15 is 0 Å². The molecule has 0 bridgehead atoms. The third-order valence-corrected chi connectivity index (χ3v) is 6.84. The molecule has 1 atom stereocenters. The number of alkyl halides is 2. The number of phenols is 1. The molecule has 0 spiro atoms. The molecule has 0 radical (unpaired) electrons. The van der Waals surface area contributed by atoms with Gasteiger partial charge in [0.15, 0.2) is 17.6 Å². The number of hydrogen-bond acceptors (Lipinski definition) is 6. The summed E-state index contributed by atoms with van der Waals surface area (Å²) in [6.45, 7) is -3.15. The minimum absolute atomic E-state index is 0.166. The van der Waals surface area contributed by atoms with Gasteiger partial charge in [0.1, 0.15) is 5.75 Å². The smallest absolute Gasteiger partial charge is 0.387 e. The van der Waals surface area contributed by atoms with E-state index in [2.05, 4.69) is 20.7 Å². The molecule has 0 amide bonds. The number of fused-ring (bicyclic) bond motifs is 3. The van der Waals surface area contributed by atoms with Crippen molar-refractivity contribution in [3.63, 3.8) is 0 Å². The van der Waals surface area contributed by atoms with Gasteiger partial charge in [-0.3, -0.25) is 0 Å². The minimum atomic E-state index is -3.78. The molecule has 1 unspecified atom stereocenters. The Bertz CT molecular complexity index is 1230. The topological polar surface area (TPSA) is 98.9 Å². The largest absolute Gasteiger partial charge is 0.504 e. The van der Waals surface area contributed by atoms with Crippen LogP contribution in [0.5, 0.6) is 17.2 Å². The summed E-state index contributed by atoms with van der Waals surface area (Å²) in [5.74, 6) is -1.01. The Morgan fingerprint density at radius 1 is 1.23 bits per heavy atom. The Hall–Kier alpha value is -2.21. The lowest BCUT2D eigenvalue weighted by Crippen LogP contribution is -2.18. The number of aromatic hydroxyl groups is 1. The number of phenolic OH excluding ortho intramolecular Hbond substituents is 1. The summed E-state index contributed by atoms with van der Waals surface area (Å²) >= 11 is 4.82. The van der Waals surface area contributed by atoms with Gasteiger partial charge in [0, 0.05) is 5.56 Å². The molecule has 3 N–H and O–H groups in total. The van der Waals surface area contributed by atoms with Crippen molar-refractivity contribution in [2.45, 2.75) is 18.5 Å². The van der Waals surface area contributed by atoms with E-state index in [1.807, 2.05) is 12.1 Å². The second kappa shape index (κ2) is 7.80. The number of nitrogens with two attached hydrogens (primary N) is 1. The van der Waals surface area contributed by atoms with Gasteiger partial charge in [-0.1, -0.05) is 18.2 Å². The fourth-order valence-electron chi connectivity index (χ4n) is 3.37. The van der Waals surface area contributed by atoms with E-state index in [1.54, 1.807) is 12.1 Å². The molecular weight excluding hydrogens is 504 g/mol. The molecule has 4 rings (SSSR count). The standard InChI is InChI=1S/C19H14BrF2NO5S2/c20-15-6-5-14(29-15)17-11-7-9(8-30(23,25)26)1-2-10(11)16-13(27-17)4-3-12(24)18(16)28-19(21)22/h1-7,17,19,24H,8H2,(H2,23,25,26). The van der Waals surface area contributed by atoms with Crippen LogP contribution in [0.15, 0.2) is 46.3 Å². The van der Waals surface area contributed by atoms with Crippen molar-refractivity contribution in [2.24, 2.45) is 5.14 Å². The van der Waals surface area contributed by atoms with Gasteiger partial charge >= 0.3 is 6.61 Å². The molecular formula is C19H14BrF2NO5S2. The third-order valence-electron chi connectivity index (χ3n) is 4.44. The molecule has 0 saturated heterocycles. The van der Waals surface area contributed by atoms with Gasteiger partial charge < -0.3 is 14.6 Å². The summed E-state index contributed by atoms with van der Waals surface area (Å²) in [5, 5.41) is 15.3. The Morgan fingerprint density at radius 3 is 2.63 bits per heavy atom. The van der Waals surface area contributed by atoms with Crippen LogP contribution in [0.25, 0.3) is 11.1 Å². The van der Waals surface area contributed by atoms with Crippen LogP contribution in [-0.2, 0) is 15.8 Å². The molecule has 1 aliphatic heterocycles. The summed E-state index contributed by atoms with van der Waals surface area (Å²) in [7, 11) is -3.78. The highest BCUT2D eigenvalue weighted by Gasteiger charge is 2.33. The zero-order valence-electron chi connectivity index (χ0n) is 15.0. The first-order valence-electron chi connectivity index (χ1n) is 8.48. The Kier molecular flexibility index (Phi) is 5.47. The highest BCUT2D eigenvalue weighted by Crippen LogP contribution is 2.53. The van der Waals surface area contributed by atoms with E-state index in [4.69, 9.17) is 9.88 Å². The highest BCUT2D eigenvalue weighted by molar-refractivity contribution is 9.11. The van der Waals surface area contributed by atoms with E-state index in [-0.39, 0.29) is 11.3 Å². The van der Waals surface area contributed by atoms with Crippen LogP contribution in [0.2, 0.25) is 0 Å². The number of halogens is 3. The van der Waals surface area contributed by atoms with Gasteiger partial charge in [0.05, 0.1) is 20.0 Å². The second-order valence-electron chi connectivity index (χ2n) is 6.53. The molecule has 158 valence electrons. The van der Waals surface area contributed by atoms with Crippen molar-refractivity contribution in [3.05, 3.63) is 62.3 Å². The molecule has 11 heteroatoms. The fraction of sp³-hybridized carbons (Fsp3) is 0.158. The number of sulfonamides is 1. The first kappa shape index (κ1) is 21.0. The van der Waals surface area contributed by atoms with Crippen molar-refractivity contribution in [2.75, 3.05) is 0 Å². The first-order chi connectivity index (χ1) is 14.1. The van der Waals surface area contributed by atoms with Crippen LogP contribution in [0.1, 0.15) is 22.1 Å². The van der Waals surface area contributed by atoms with Crippen molar-refractivity contribution in [1.82, 2.24) is 0 Å². The summed E-state index contributed by atoms with van der Waals surface area (Å²) in [6, 6.07) is 11.1. The monoisotopic (exact) mass is 517 g/mol. The Labute approximate surface area is 183 Å². The molecule has 30 heavy (non-hydrogen) atoms. The van der Waals surface area contributed by atoms with Crippen LogP contribution in [0, 0.1) is 0 Å². The summed E-state index contributed by atoms with van der Waals surface area (Å²) < 4.78 is 60.6. The average Bonchev–Trinajstić information content (AvgIpc) is 3.07. The van der Waals surface area contributed by atoms with Crippen LogP contribution in [0.4, 0.5) is 8.78 Å². The zero-order valence-corrected chi connectivity index (χ0v) is 18.2. The lowest BCUT2D eigenvalue weighted by molar-refractivity contribution is -0.0510. The van der Waals surface area contributed by atoms with Crippen LogP contribution in [-0.4, -0.2) is 20.1 Å². The average molecular weight is 518 g/mol. The van der Waals surface area contributed by atoms with Gasteiger partial charge in [0.2, 0.25) is 10.0 Å². The number of primary sulfonamides is 1. The fourth-order valence-corrected chi connectivity index (χ4v) is 5.48. The maximum Gasteiger partial charge on any atom is 0.387 e. The van der Waals surface area contributed by atoms with Crippen molar-refractivity contribution < 1.29 is 31.8 Å². The SMILES string of the molecule is NS(=O)(=O)Cc1ccc2c(c1)C(c1ccc(Br)s1)Oc1ccc(O)c(OC(F)F)c1-2. The second-order valence-corrected chi connectivity index (χ2v) is 10.6. The molecule has 2 heterocycles. The molecule has 3 aromatic rings. The van der Waals surface area contributed by atoms with Crippen molar-refractivity contribution in [1.29, 1.82) is 0 Å². The van der Waals surface area contributed by atoms with Crippen LogP contribution >= 0.6 is 27.3 Å². The predicted molar refractivity (Wildman–Crippen MR) is 111 cm³/mol. The number of hydrogen-bond donors (Lipinski definition) is 2. The van der Waals surface area contributed by atoms with Crippen molar-refractivity contribution >= 4 is 37.3 Å². The van der Waals surface area contributed by atoms with E-state index in [0.717, 1.165) is 8.66 Å². The van der Waals surface area contributed by atoms with Crippen molar-refractivity contribution in [3.8, 4) is 28.4 Å². The van der Waals surface area contributed by atoms with Gasteiger partial charge in [-0.05, 0) is 51.3 Å². The van der Waals surface area contributed by atoms with Crippen LogP contribution in [0.3, 0.4) is 0 Å². The molecule has 6 nitrogen and oxygen atoms in total. The number of rotatable bonds is 5. The lowest BCUT2D eigenvalue weighted by Gasteiger charge is -2.30. The minimum Gasteiger partial charge on any atom is -0.504 e. The molecule has 1 aliphatic rings. The molecule has 0 aliphatic carbocycles. The Balaban J connectivity index is 1.94. The van der Waals surface area contributed by atoms with E-state index in [9.17, 15) is 22.3 Å². The third kappa shape index (κ3) is 4.15. The molecule has 2 aromatic carbocycles. The summed E-state index contributed by atoms with van der Waals surface area (Å²) in [6.07, 6.45) is -0.617. The summed E-state index contributed by atoms with van der Waals surface area (Å²) in [5.41, 5.74) is 1.61. The maximum atomic E-state index is 13.0. The van der Waals surface area contributed by atoms with Crippen LogP contribution < -0.4 is 14.6 Å². The quantitative estimate of drug-likeness (QED) is 0.508. The van der Waals surface area contributed by atoms with E-state index in [1.165, 1.54) is 29.5 Å². The van der Waals surface area contributed by atoms with E-state index in [0.29, 0.717) is 16.7 Å². The predicted octanol–water partition coefficient (Wildman–Crippen LogP) is 4.75. The van der Waals surface area contributed by atoms with E-state index < -0.39 is 40.0 Å². The number of thiophene rings is 1. The van der Waals surface area contributed by atoms with Gasteiger partial charge in [-0.25, -0.2) is 13.6 Å². The molecule has 0 fully saturated rings. The summed E-state index contributed by atoms with van der Waals surface area (Å²) in [4.78, 5) is 0.811. The van der Waals surface area contributed by atoms with Gasteiger partial charge in [-0.2, -0.15) is 8.78 Å². The highest BCUT2D eigenvalue weighted by atomic mass is 79.9. The number of ether oxygens (including phenoxy) is 2. The zero-order chi connectivity index (χ0) is 21.6. The first-order valence-corrected chi connectivity index (χ1v) is 11.8. The maximum absolute atomic E-state index is 13.0. The Morgan fingerprint density at radius 2 is 2.00 bits per heavy atom. The van der Waals surface area contributed by atoms with Gasteiger partial charge in [-0.15, -0.1) is 11.3 Å². The normalized spacial score (nSPS) is 15.4. The van der Waals surface area contributed by atoms with Gasteiger partial charge in [0.25, 0.3) is 0 Å². The number of benzene rings is 2.